The van der Waals surface area contributed by atoms with Crippen LogP contribution in [-0.2, 0) is 11.3 Å². The van der Waals surface area contributed by atoms with Crippen molar-refractivity contribution in [3.63, 3.8) is 0 Å². The van der Waals surface area contributed by atoms with E-state index < -0.39 is 0 Å². The molecule has 0 bridgehead atoms. The van der Waals surface area contributed by atoms with Crippen molar-refractivity contribution in [1.82, 2.24) is 9.80 Å². The van der Waals surface area contributed by atoms with Crippen LogP contribution in [-0.4, -0.2) is 59.8 Å². The fraction of sp³-hybridized carbons (Fsp3) is 0.533. The molecule has 1 heterocycles. The van der Waals surface area contributed by atoms with E-state index in [1.54, 1.807) is 4.90 Å². The van der Waals surface area contributed by atoms with Crippen molar-refractivity contribution in [1.29, 1.82) is 0 Å². The Hall–Kier alpha value is -1.59. The molecule has 0 aliphatic carbocycles. The minimum absolute atomic E-state index is 0.110. The standard InChI is InChI=1S/C15H22N2O3/c1-13-11-16(9-10-18)7-8-17(13)15(19)20-12-14-5-3-2-4-6-14/h2-6,13,18H,7-12H2,1H3/t13-/m1/s1. The molecule has 2 rings (SSSR count). The third-order valence-corrected chi connectivity index (χ3v) is 3.57. The molecule has 1 saturated heterocycles. The maximum absolute atomic E-state index is 12.1. The van der Waals surface area contributed by atoms with Gasteiger partial charge < -0.3 is 14.7 Å². The third kappa shape index (κ3) is 3.95. The number of aliphatic hydroxyl groups is 1. The van der Waals surface area contributed by atoms with E-state index >= 15 is 0 Å². The van der Waals surface area contributed by atoms with Crippen LogP contribution in [0.1, 0.15) is 12.5 Å². The summed E-state index contributed by atoms with van der Waals surface area (Å²) in [7, 11) is 0. The summed E-state index contributed by atoms with van der Waals surface area (Å²) < 4.78 is 5.35. The second-order valence-electron chi connectivity index (χ2n) is 5.11. The summed E-state index contributed by atoms with van der Waals surface area (Å²) >= 11 is 0. The Balaban J connectivity index is 1.81. The molecule has 0 saturated carbocycles. The minimum Gasteiger partial charge on any atom is -0.445 e. The molecule has 1 aromatic carbocycles. The second-order valence-corrected chi connectivity index (χ2v) is 5.11. The number of hydrogen-bond donors (Lipinski definition) is 1. The number of carbonyl (C=O) groups excluding carboxylic acids is 1. The predicted molar refractivity (Wildman–Crippen MR) is 76.3 cm³/mol. The SMILES string of the molecule is C[C@@H]1CN(CCO)CCN1C(=O)OCc1ccccc1. The van der Waals surface area contributed by atoms with Gasteiger partial charge in [-0.25, -0.2) is 4.79 Å². The van der Waals surface area contributed by atoms with Gasteiger partial charge in [0.2, 0.25) is 0 Å². The van der Waals surface area contributed by atoms with Crippen molar-refractivity contribution in [2.45, 2.75) is 19.6 Å². The van der Waals surface area contributed by atoms with Crippen LogP contribution < -0.4 is 0 Å². The fourth-order valence-electron chi connectivity index (χ4n) is 2.45. The van der Waals surface area contributed by atoms with Crippen LogP contribution >= 0.6 is 0 Å². The summed E-state index contributed by atoms with van der Waals surface area (Å²) in [5, 5.41) is 8.94. The van der Waals surface area contributed by atoms with Gasteiger partial charge in [-0.2, -0.15) is 0 Å². The molecular weight excluding hydrogens is 256 g/mol. The first-order chi connectivity index (χ1) is 9.70. The summed E-state index contributed by atoms with van der Waals surface area (Å²) in [6.45, 7) is 5.35. The highest BCUT2D eigenvalue weighted by molar-refractivity contribution is 5.68. The van der Waals surface area contributed by atoms with Crippen molar-refractivity contribution in [2.75, 3.05) is 32.8 Å². The van der Waals surface area contributed by atoms with E-state index in [9.17, 15) is 4.79 Å². The molecule has 1 aliphatic heterocycles. The van der Waals surface area contributed by atoms with Gasteiger partial charge in [0.25, 0.3) is 0 Å². The molecule has 0 unspecified atom stereocenters. The maximum Gasteiger partial charge on any atom is 0.410 e. The van der Waals surface area contributed by atoms with Crippen LogP contribution in [0, 0.1) is 0 Å². The number of aliphatic hydroxyl groups excluding tert-OH is 1. The number of piperazine rings is 1. The number of benzene rings is 1. The van der Waals surface area contributed by atoms with E-state index in [0.29, 0.717) is 19.7 Å². The molecule has 5 heteroatoms. The first-order valence-electron chi connectivity index (χ1n) is 7.01. The Bertz CT molecular complexity index is 424. The molecule has 0 aromatic heterocycles. The maximum atomic E-state index is 12.1. The normalized spacial score (nSPS) is 19.9. The Labute approximate surface area is 119 Å². The lowest BCUT2D eigenvalue weighted by Crippen LogP contribution is -2.54. The van der Waals surface area contributed by atoms with E-state index in [1.807, 2.05) is 37.3 Å². The Morgan fingerprint density at radius 2 is 2.10 bits per heavy atom. The van der Waals surface area contributed by atoms with E-state index in [1.165, 1.54) is 0 Å². The van der Waals surface area contributed by atoms with Crippen LogP contribution in [0.15, 0.2) is 30.3 Å². The average Bonchev–Trinajstić information content (AvgIpc) is 2.46. The van der Waals surface area contributed by atoms with Crippen molar-refractivity contribution in [2.24, 2.45) is 0 Å². The highest BCUT2D eigenvalue weighted by atomic mass is 16.6. The molecule has 110 valence electrons. The van der Waals surface area contributed by atoms with Crippen molar-refractivity contribution in [3.8, 4) is 0 Å². The fourth-order valence-corrected chi connectivity index (χ4v) is 2.45. The zero-order chi connectivity index (χ0) is 14.4. The predicted octanol–water partition coefficient (Wildman–Crippen LogP) is 1.32. The number of nitrogens with zero attached hydrogens (tertiary/aromatic N) is 2. The molecule has 20 heavy (non-hydrogen) atoms. The second kappa shape index (κ2) is 7.26. The number of rotatable bonds is 4. The number of ether oxygens (including phenoxy) is 1. The molecular formula is C15H22N2O3. The number of hydrogen-bond acceptors (Lipinski definition) is 4. The van der Waals surface area contributed by atoms with Gasteiger partial charge in [-0.1, -0.05) is 30.3 Å². The Morgan fingerprint density at radius 1 is 1.35 bits per heavy atom. The zero-order valence-corrected chi connectivity index (χ0v) is 11.9. The zero-order valence-electron chi connectivity index (χ0n) is 11.9. The van der Waals surface area contributed by atoms with Crippen molar-refractivity contribution < 1.29 is 14.6 Å². The van der Waals surface area contributed by atoms with Gasteiger partial charge in [0.05, 0.1) is 6.61 Å². The highest BCUT2D eigenvalue weighted by Gasteiger charge is 2.27. The van der Waals surface area contributed by atoms with Crippen LogP contribution in [0.2, 0.25) is 0 Å². The first kappa shape index (κ1) is 14.8. The van der Waals surface area contributed by atoms with E-state index in [-0.39, 0.29) is 18.7 Å². The molecule has 0 spiro atoms. The van der Waals surface area contributed by atoms with Gasteiger partial charge in [-0.3, -0.25) is 4.90 Å². The van der Waals surface area contributed by atoms with Gasteiger partial charge in [-0.15, -0.1) is 0 Å². The highest BCUT2D eigenvalue weighted by Crippen LogP contribution is 2.12. The Morgan fingerprint density at radius 3 is 2.75 bits per heavy atom. The van der Waals surface area contributed by atoms with Gasteiger partial charge in [0.15, 0.2) is 0 Å². The molecule has 1 atom stereocenters. The lowest BCUT2D eigenvalue weighted by molar-refractivity contribution is 0.0434. The van der Waals surface area contributed by atoms with Crippen LogP contribution in [0.4, 0.5) is 4.79 Å². The Kier molecular flexibility index (Phi) is 5.38. The summed E-state index contributed by atoms with van der Waals surface area (Å²) in [6, 6.07) is 9.79. The quantitative estimate of drug-likeness (QED) is 0.902. The van der Waals surface area contributed by atoms with Crippen LogP contribution in [0.3, 0.4) is 0 Å². The van der Waals surface area contributed by atoms with Gasteiger partial charge in [0.1, 0.15) is 6.61 Å². The van der Waals surface area contributed by atoms with Crippen molar-refractivity contribution >= 4 is 6.09 Å². The van der Waals surface area contributed by atoms with E-state index in [0.717, 1.165) is 18.7 Å². The third-order valence-electron chi connectivity index (χ3n) is 3.57. The molecule has 0 radical (unpaired) electrons. The lowest BCUT2D eigenvalue weighted by atomic mass is 10.2. The van der Waals surface area contributed by atoms with Gasteiger partial charge in [0, 0.05) is 32.2 Å². The minimum atomic E-state index is -0.259. The molecule has 1 fully saturated rings. The molecule has 1 aliphatic rings. The van der Waals surface area contributed by atoms with Crippen molar-refractivity contribution in [3.05, 3.63) is 35.9 Å². The number of β-amino-alcohol motifs (C(OH)–C–C–N with tert-alkyl or cyclic N) is 1. The van der Waals surface area contributed by atoms with Gasteiger partial charge >= 0.3 is 6.09 Å². The van der Waals surface area contributed by atoms with Crippen LogP contribution in [0.5, 0.6) is 0 Å². The molecule has 5 nitrogen and oxygen atoms in total. The smallest absolute Gasteiger partial charge is 0.410 e. The number of amides is 1. The van der Waals surface area contributed by atoms with E-state index in [4.69, 9.17) is 9.84 Å². The lowest BCUT2D eigenvalue weighted by Gasteiger charge is -2.38. The van der Waals surface area contributed by atoms with Gasteiger partial charge in [-0.05, 0) is 12.5 Å². The molecule has 1 N–H and O–H groups in total. The number of carbonyl (C=O) groups is 1. The summed E-state index contributed by atoms with van der Waals surface area (Å²) in [6.07, 6.45) is -0.259. The monoisotopic (exact) mass is 278 g/mol. The average molecular weight is 278 g/mol. The topological polar surface area (TPSA) is 53.0 Å². The van der Waals surface area contributed by atoms with E-state index in [2.05, 4.69) is 4.90 Å². The molecule has 1 aromatic rings. The van der Waals surface area contributed by atoms with Crippen LogP contribution in [0.25, 0.3) is 0 Å². The largest absolute Gasteiger partial charge is 0.445 e. The first-order valence-corrected chi connectivity index (χ1v) is 7.01. The summed E-state index contributed by atoms with van der Waals surface area (Å²) in [5.74, 6) is 0. The molecule has 1 amide bonds. The summed E-state index contributed by atoms with van der Waals surface area (Å²) in [5.41, 5.74) is 0.993. The summed E-state index contributed by atoms with van der Waals surface area (Å²) in [4.78, 5) is 16.0.